The second kappa shape index (κ2) is 30.0. The van der Waals surface area contributed by atoms with Crippen LogP contribution in [0, 0.1) is 0 Å². The molecule has 0 aliphatic carbocycles. The molecule has 23 rings (SSSR count). The number of furan rings is 1. The molecule has 11 nitrogen and oxygen atoms in total. The fourth-order valence-electron chi connectivity index (χ4n) is 16.5. The van der Waals surface area contributed by atoms with Gasteiger partial charge < -0.3 is 4.42 Å². The lowest BCUT2D eigenvalue weighted by Crippen LogP contribution is -1.96. The van der Waals surface area contributed by atoms with Crippen LogP contribution in [0.4, 0.5) is 0 Å². The molecule has 0 fully saturated rings. The number of hydrogen-bond donors (Lipinski definition) is 0. The summed E-state index contributed by atoms with van der Waals surface area (Å²) in [4.78, 5) is 31.0. The van der Waals surface area contributed by atoms with E-state index < -0.39 is 0 Å². The largest absolute Gasteiger partial charge is 0.455 e. The fourth-order valence-corrected chi connectivity index (χ4v) is 17.7. The summed E-state index contributed by atoms with van der Waals surface area (Å²) < 4.78 is 25.9. The predicted molar refractivity (Wildman–Crippen MR) is 490 cm³/mol. The Morgan fingerprint density at radius 3 is 0.950 bits per heavy atom. The smallest absolute Gasteiger partial charge is 0.160 e. The second-order valence-corrected chi connectivity index (χ2v) is 30.6. The Hall–Kier alpha value is -15.5. The van der Waals surface area contributed by atoms with E-state index >= 15 is 0 Å². The molecule has 0 N–H and O–H groups in total. The third-order valence-corrected chi connectivity index (χ3v) is 23.4. The Labute approximate surface area is 692 Å². The van der Waals surface area contributed by atoms with Gasteiger partial charge in [-0.15, -0.1) is 0 Å². The highest BCUT2D eigenvalue weighted by Crippen LogP contribution is 2.46. The normalized spacial score (nSPS) is 11.5. The molecule has 23 aromatic rings. The molecule has 0 saturated heterocycles. The van der Waals surface area contributed by atoms with Gasteiger partial charge in [0, 0.05) is 104 Å². The highest BCUT2D eigenvalue weighted by Gasteiger charge is 2.24. The zero-order valence-corrected chi connectivity index (χ0v) is 65.3. The number of para-hydroxylation sites is 4. The van der Waals surface area contributed by atoms with Crippen LogP contribution in [0.5, 0.6) is 0 Å². The predicted octanol–water partition coefficient (Wildman–Crippen LogP) is 27.9. The third kappa shape index (κ3) is 13.1. The van der Waals surface area contributed by atoms with Crippen molar-refractivity contribution in [3.8, 4) is 146 Å². The van der Waals surface area contributed by atoms with Crippen molar-refractivity contribution in [2.24, 2.45) is 0 Å². The lowest BCUT2D eigenvalue weighted by atomic mass is 9.93. The van der Waals surface area contributed by atoms with E-state index in [-0.39, 0.29) is 0 Å². The number of benzene rings is 16. The maximum Gasteiger partial charge on any atom is 0.160 e. The second-order valence-electron chi connectivity index (χ2n) is 29.5. The number of hydrogen-bond acceptors (Lipinski definition) is 13. The van der Waals surface area contributed by atoms with Gasteiger partial charge in [0.1, 0.15) is 33.2 Å². The Bertz CT molecular complexity index is 7750. The minimum absolute atomic E-state index is 0.668. The molecule has 0 radical (unpaired) electrons. The fraction of sp³-hybridized carbons (Fsp3) is 0. The molecule has 0 spiro atoms. The van der Waals surface area contributed by atoms with Crippen LogP contribution in [0.3, 0.4) is 0 Å². The molecule has 119 heavy (non-hydrogen) atoms. The first kappa shape index (κ1) is 70.1. The van der Waals surface area contributed by atoms with E-state index in [1.54, 1.807) is 0 Å². The first-order chi connectivity index (χ1) is 59.0. The number of aromatic nitrogens is 10. The average Bonchev–Trinajstić information content (AvgIpc) is 1.73. The van der Waals surface area contributed by atoms with Gasteiger partial charge in [0.05, 0.1) is 68.7 Å². The van der Waals surface area contributed by atoms with Crippen LogP contribution < -0.4 is 0 Å². The zero-order valence-electron chi connectivity index (χ0n) is 63.6. The van der Waals surface area contributed by atoms with E-state index in [1.807, 2.05) is 72.8 Å². The zero-order chi connectivity index (χ0) is 78.7. The van der Waals surface area contributed by atoms with Crippen LogP contribution in [-0.2, 0) is 0 Å². The number of pyridine rings is 2. The molecule has 0 bridgehead atoms. The minimum Gasteiger partial charge on any atom is -0.455 e. The SMILES string of the molecule is c1ccc(-c2cc(-c3ccccc3)cc(-c3cc(-c4ccc(-c5cc6c(-c7ccccc7)nc7ccccc7c6c6nsnc56)cc4)nc(-c4ccccc4)n3)c2)cc1.c1ccc(-c2nc(-c3ccc(-c4cc5c(-c6ccccc6)nc6ccccc6c5c5nsnc45)cc3)cc(-c3ccc(-c4cccc5c4oc4ccccc45)cc3)n2)cc1. The van der Waals surface area contributed by atoms with Gasteiger partial charge >= 0.3 is 0 Å². The summed E-state index contributed by atoms with van der Waals surface area (Å²) in [5.41, 5.74) is 31.3. The van der Waals surface area contributed by atoms with E-state index in [2.05, 4.69) is 315 Å². The summed E-state index contributed by atoms with van der Waals surface area (Å²) in [6.07, 6.45) is 0. The summed E-state index contributed by atoms with van der Waals surface area (Å²) in [6.45, 7) is 0. The van der Waals surface area contributed by atoms with Crippen molar-refractivity contribution in [3.05, 3.63) is 388 Å². The Balaban J connectivity index is 0.000000143. The summed E-state index contributed by atoms with van der Waals surface area (Å²) in [6, 6.07) is 135. The summed E-state index contributed by atoms with van der Waals surface area (Å²) in [5.74, 6) is 1.34. The molecule has 0 aliphatic rings. The number of rotatable bonds is 13. The van der Waals surface area contributed by atoms with Gasteiger partial charge in [-0.25, -0.2) is 29.9 Å². The Kier molecular flexibility index (Phi) is 17.7. The summed E-state index contributed by atoms with van der Waals surface area (Å²) >= 11 is 2.49. The molecule has 13 heteroatoms. The van der Waals surface area contributed by atoms with Crippen LogP contribution >= 0.6 is 23.5 Å². The van der Waals surface area contributed by atoms with E-state index in [4.69, 9.17) is 51.8 Å². The molecule has 7 aromatic heterocycles. The molecular formula is C106H64N10OS2. The van der Waals surface area contributed by atoms with Gasteiger partial charge in [-0.05, 0) is 99.6 Å². The first-order valence-corrected chi connectivity index (χ1v) is 40.9. The Morgan fingerprint density at radius 2 is 0.521 bits per heavy atom. The topological polar surface area (TPSA) is 142 Å². The molecule has 0 saturated carbocycles. The highest BCUT2D eigenvalue weighted by molar-refractivity contribution is 7.00. The average molecular weight is 1560 g/mol. The maximum absolute atomic E-state index is 6.36. The summed E-state index contributed by atoms with van der Waals surface area (Å²) in [5, 5.41) is 8.62. The molecule has 16 aromatic carbocycles. The van der Waals surface area contributed by atoms with Gasteiger partial charge in [-0.3, -0.25) is 0 Å². The summed E-state index contributed by atoms with van der Waals surface area (Å²) in [7, 11) is 0. The van der Waals surface area contributed by atoms with Gasteiger partial charge in [0.15, 0.2) is 11.6 Å². The molecule has 0 amide bonds. The van der Waals surface area contributed by atoms with Gasteiger partial charge in [0.2, 0.25) is 0 Å². The lowest BCUT2D eigenvalue weighted by molar-refractivity contribution is 0.670. The standard InChI is InChI=1S/C53H31N5OS.C53H33N5S/c1-3-12-36(13-4-1)49-43-30-42(50-51(58-60-57-50)48(43)41-17-7-9-20-44(41)54-49)33-24-28-35(29-25-33)46-31-45(55-53(56-46)37-14-5-2-6-15-37)34-26-22-32(23-27-34)38-18-11-19-40-39-16-8-10-21-47(39)59-52(38)40;1-5-15-34(16-6-1)40-29-41(35-17-7-2-8-18-35)31-42(30-40)48-33-47(55-53(56-48)39-21-11-4-12-22-39)37-27-25-36(26-28-37)44-32-45-49(52-51(44)57-59-58-52)43-23-13-14-24-46(43)54-50(45)38-19-9-3-10-20-38/h1-31H;1-33H. The molecular weight excluding hydrogens is 1490 g/mol. The van der Waals surface area contributed by atoms with Gasteiger partial charge in [0.25, 0.3) is 0 Å². The first-order valence-electron chi connectivity index (χ1n) is 39.4. The lowest BCUT2D eigenvalue weighted by Gasteiger charge is -2.14. The molecule has 0 atom stereocenters. The van der Waals surface area contributed by atoms with E-state index in [9.17, 15) is 0 Å². The van der Waals surface area contributed by atoms with E-state index in [1.165, 1.54) is 23.5 Å². The van der Waals surface area contributed by atoms with Gasteiger partial charge in [-0.2, -0.15) is 17.5 Å². The third-order valence-electron chi connectivity index (χ3n) is 22.3. The van der Waals surface area contributed by atoms with Crippen molar-refractivity contribution in [1.29, 1.82) is 0 Å². The molecule has 0 unspecified atom stereocenters. The Morgan fingerprint density at radius 1 is 0.193 bits per heavy atom. The van der Waals surface area contributed by atoms with Crippen molar-refractivity contribution in [2.75, 3.05) is 0 Å². The minimum atomic E-state index is 0.668. The van der Waals surface area contributed by atoms with Crippen molar-refractivity contribution in [1.82, 2.24) is 47.4 Å². The molecule has 556 valence electrons. The van der Waals surface area contributed by atoms with Crippen LogP contribution in [0.1, 0.15) is 0 Å². The quantitative estimate of drug-likeness (QED) is 0.102. The monoisotopic (exact) mass is 1560 g/mol. The molecule has 7 heterocycles. The highest BCUT2D eigenvalue weighted by atomic mass is 32.1. The van der Waals surface area contributed by atoms with E-state index in [0.29, 0.717) is 11.6 Å². The van der Waals surface area contributed by atoms with Crippen LogP contribution in [0.2, 0.25) is 0 Å². The number of fused-ring (bicyclic) bond motifs is 13. The van der Waals surface area contributed by atoms with Crippen molar-refractivity contribution >= 4 is 111 Å². The maximum atomic E-state index is 6.36. The molecule has 0 aliphatic heterocycles. The van der Waals surface area contributed by atoms with Gasteiger partial charge in [-0.1, -0.05) is 328 Å². The van der Waals surface area contributed by atoms with Crippen LogP contribution in [-0.4, -0.2) is 47.4 Å². The van der Waals surface area contributed by atoms with E-state index in [0.717, 1.165) is 222 Å². The van der Waals surface area contributed by atoms with Crippen molar-refractivity contribution in [3.63, 3.8) is 0 Å². The van der Waals surface area contributed by atoms with Crippen molar-refractivity contribution in [2.45, 2.75) is 0 Å². The number of nitrogens with zero attached hydrogens (tertiary/aromatic N) is 10. The van der Waals surface area contributed by atoms with Crippen LogP contribution in [0.25, 0.3) is 233 Å². The van der Waals surface area contributed by atoms with Crippen LogP contribution in [0.15, 0.2) is 393 Å². The van der Waals surface area contributed by atoms with Crippen molar-refractivity contribution < 1.29 is 4.42 Å².